The molecule has 1 aromatic rings. The predicted octanol–water partition coefficient (Wildman–Crippen LogP) is 0.987. The monoisotopic (exact) mass is 400 g/mol. The third kappa shape index (κ3) is 3.90. The Labute approximate surface area is 157 Å². The molecule has 3 heterocycles. The van der Waals surface area contributed by atoms with Gasteiger partial charge in [-0.1, -0.05) is 11.8 Å². The molecule has 1 atom stereocenters. The molecule has 2 amide bonds. The highest BCUT2D eigenvalue weighted by atomic mass is 32.2. The van der Waals surface area contributed by atoms with E-state index in [1.807, 2.05) is 13.8 Å². The van der Waals surface area contributed by atoms with Crippen LogP contribution in [0, 0.1) is 13.8 Å². The zero-order valence-corrected chi connectivity index (χ0v) is 16.9. The number of carbonyl (C=O) groups is 2. The number of amides is 2. The molecule has 8 nitrogen and oxygen atoms in total. The van der Waals surface area contributed by atoms with Crippen LogP contribution in [0.5, 0.6) is 0 Å². The van der Waals surface area contributed by atoms with Crippen molar-refractivity contribution in [3.8, 4) is 0 Å². The van der Waals surface area contributed by atoms with E-state index in [1.54, 1.807) is 21.5 Å². The Bertz CT molecular complexity index is 834. The first-order valence-corrected chi connectivity index (χ1v) is 11.4. The maximum atomic E-state index is 12.4. The Morgan fingerprint density at radius 2 is 2.12 bits per heavy atom. The number of thioether (sulfide) groups is 1. The van der Waals surface area contributed by atoms with Gasteiger partial charge in [-0.3, -0.25) is 14.3 Å². The lowest BCUT2D eigenvalue weighted by molar-refractivity contribution is -0.130. The van der Waals surface area contributed by atoms with Crippen LogP contribution in [-0.2, 0) is 21.2 Å². The topological polar surface area (TPSA) is 92.6 Å². The van der Waals surface area contributed by atoms with Gasteiger partial charge >= 0.3 is 0 Å². The zero-order valence-electron chi connectivity index (χ0n) is 15.3. The van der Waals surface area contributed by atoms with Crippen molar-refractivity contribution in [1.82, 2.24) is 19.6 Å². The average Bonchev–Trinajstić information content (AvgIpc) is 3.21. The van der Waals surface area contributed by atoms with E-state index in [4.69, 9.17) is 0 Å². The molecule has 26 heavy (non-hydrogen) atoms. The molecule has 144 valence electrons. The van der Waals surface area contributed by atoms with Crippen molar-refractivity contribution in [2.24, 2.45) is 0 Å². The molecule has 0 unspecified atom stereocenters. The maximum Gasteiger partial charge on any atom is 0.282 e. The van der Waals surface area contributed by atoms with Gasteiger partial charge in [-0.25, -0.2) is 8.42 Å². The number of aromatic nitrogens is 2. The fourth-order valence-corrected chi connectivity index (χ4v) is 5.94. The van der Waals surface area contributed by atoms with Crippen LogP contribution in [0.25, 0.3) is 0 Å². The van der Waals surface area contributed by atoms with Crippen LogP contribution >= 0.6 is 11.8 Å². The molecule has 0 saturated carbocycles. The molecular formula is C16H24N4O4S2. The summed E-state index contributed by atoms with van der Waals surface area (Å²) in [6.07, 6.45) is 0.577. The molecule has 0 aromatic carbocycles. The summed E-state index contributed by atoms with van der Waals surface area (Å²) >= 11 is 1.24. The van der Waals surface area contributed by atoms with E-state index in [-0.39, 0.29) is 35.2 Å². The number of aryl methyl sites for hydroxylation is 1. The quantitative estimate of drug-likeness (QED) is 0.732. The van der Waals surface area contributed by atoms with Gasteiger partial charge in [-0.2, -0.15) is 5.10 Å². The van der Waals surface area contributed by atoms with E-state index in [0.717, 1.165) is 22.7 Å². The maximum absolute atomic E-state index is 12.4. The summed E-state index contributed by atoms with van der Waals surface area (Å²) < 4.78 is 25.3. The van der Waals surface area contributed by atoms with Crippen molar-refractivity contribution in [1.29, 1.82) is 0 Å². The molecule has 0 spiro atoms. The van der Waals surface area contributed by atoms with Gasteiger partial charge in [0, 0.05) is 37.1 Å². The average molecular weight is 401 g/mol. The second-order valence-corrected chi connectivity index (χ2v) is 10.2. The van der Waals surface area contributed by atoms with E-state index < -0.39 is 9.84 Å². The molecule has 1 aromatic heterocycles. The lowest BCUT2D eigenvalue weighted by atomic mass is 10.1. The fourth-order valence-electron chi connectivity index (χ4n) is 3.43. The van der Waals surface area contributed by atoms with Crippen LogP contribution < -0.4 is 0 Å². The third-order valence-electron chi connectivity index (χ3n) is 5.02. The highest BCUT2D eigenvalue weighted by molar-refractivity contribution is 8.13. The van der Waals surface area contributed by atoms with Gasteiger partial charge in [-0.15, -0.1) is 0 Å². The van der Waals surface area contributed by atoms with Gasteiger partial charge in [0.05, 0.1) is 23.2 Å². The van der Waals surface area contributed by atoms with Gasteiger partial charge in [0.15, 0.2) is 9.84 Å². The van der Waals surface area contributed by atoms with Crippen molar-refractivity contribution in [2.45, 2.75) is 32.9 Å². The van der Waals surface area contributed by atoms with Crippen LogP contribution in [0.4, 0.5) is 4.79 Å². The van der Waals surface area contributed by atoms with Crippen LogP contribution in [0.15, 0.2) is 0 Å². The molecule has 2 aliphatic rings. The normalized spacial score (nSPS) is 22.2. The lowest BCUT2D eigenvalue weighted by Gasteiger charge is -2.21. The number of hydrogen-bond donors (Lipinski definition) is 0. The molecule has 0 radical (unpaired) electrons. The van der Waals surface area contributed by atoms with Gasteiger partial charge in [0.2, 0.25) is 5.91 Å². The highest BCUT2D eigenvalue weighted by Crippen LogP contribution is 2.27. The number of rotatable bonds is 5. The van der Waals surface area contributed by atoms with Gasteiger partial charge < -0.3 is 9.80 Å². The van der Waals surface area contributed by atoms with Crippen LogP contribution in [0.1, 0.15) is 29.4 Å². The summed E-state index contributed by atoms with van der Waals surface area (Å²) in [5.74, 6) is 0.935. The second-order valence-electron chi connectivity index (χ2n) is 6.94. The number of carbonyl (C=O) groups excluding carboxylic acids is 2. The Morgan fingerprint density at radius 1 is 1.38 bits per heavy atom. The first-order chi connectivity index (χ1) is 12.2. The van der Waals surface area contributed by atoms with Gasteiger partial charge in [0.1, 0.15) is 6.54 Å². The van der Waals surface area contributed by atoms with Crippen LogP contribution in [0.3, 0.4) is 0 Å². The lowest BCUT2D eigenvalue weighted by Crippen LogP contribution is -2.38. The van der Waals surface area contributed by atoms with Crippen molar-refractivity contribution >= 4 is 32.7 Å². The number of likely N-dealkylation sites (N-methyl/N-ethyl adjacent to an activating group) is 1. The molecule has 10 heteroatoms. The minimum absolute atomic E-state index is 0.0469. The van der Waals surface area contributed by atoms with E-state index in [0.29, 0.717) is 19.5 Å². The summed E-state index contributed by atoms with van der Waals surface area (Å²) in [5.41, 5.74) is 2.64. The van der Waals surface area contributed by atoms with E-state index >= 15 is 0 Å². The van der Waals surface area contributed by atoms with E-state index in [9.17, 15) is 18.0 Å². The molecule has 2 aliphatic heterocycles. The summed E-state index contributed by atoms with van der Waals surface area (Å²) in [6.45, 7) is 4.89. The standard InChI is InChI=1S/C16H24N4O4S2/c1-11-14(8-18(3)15(21)9-19-5-6-25-16(19)22)12(2)20(17-11)13-4-7-26(23,24)10-13/h13H,4-10H2,1-3H3/t13-/m0/s1. The van der Waals surface area contributed by atoms with Crippen molar-refractivity contribution in [3.05, 3.63) is 17.0 Å². The molecular weight excluding hydrogens is 376 g/mol. The second kappa shape index (κ2) is 7.22. The molecule has 0 aliphatic carbocycles. The first kappa shape index (κ1) is 19.2. The Morgan fingerprint density at radius 3 is 2.69 bits per heavy atom. The van der Waals surface area contributed by atoms with Crippen molar-refractivity contribution < 1.29 is 18.0 Å². The molecule has 2 fully saturated rings. The summed E-state index contributed by atoms with van der Waals surface area (Å²) in [6, 6.07) is -0.132. The molecule has 0 bridgehead atoms. The third-order valence-corrected chi connectivity index (χ3v) is 7.66. The smallest absolute Gasteiger partial charge is 0.282 e. The minimum atomic E-state index is -2.98. The molecule has 2 saturated heterocycles. The van der Waals surface area contributed by atoms with E-state index in [1.165, 1.54) is 11.8 Å². The minimum Gasteiger partial charge on any atom is -0.340 e. The Hall–Kier alpha value is -1.55. The number of nitrogens with zero attached hydrogens (tertiary/aromatic N) is 4. The summed E-state index contributed by atoms with van der Waals surface area (Å²) in [7, 11) is -1.27. The predicted molar refractivity (Wildman–Crippen MR) is 99.9 cm³/mol. The largest absolute Gasteiger partial charge is 0.340 e. The Balaban J connectivity index is 1.69. The van der Waals surface area contributed by atoms with Gasteiger partial charge in [-0.05, 0) is 20.3 Å². The molecule has 3 rings (SSSR count). The summed E-state index contributed by atoms with van der Waals surface area (Å²) in [5, 5.41) is 4.48. The Kier molecular flexibility index (Phi) is 5.34. The van der Waals surface area contributed by atoms with Crippen LogP contribution in [0.2, 0.25) is 0 Å². The highest BCUT2D eigenvalue weighted by Gasteiger charge is 2.32. The number of hydrogen-bond acceptors (Lipinski definition) is 6. The van der Waals surface area contributed by atoms with Crippen molar-refractivity contribution in [2.75, 3.05) is 37.4 Å². The first-order valence-electron chi connectivity index (χ1n) is 8.58. The van der Waals surface area contributed by atoms with Crippen molar-refractivity contribution in [3.63, 3.8) is 0 Å². The number of sulfone groups is 1. The zero-order chi connectivity index (χ0) is 19.1. The fraction of sp³-hybridized carbons (Fsp3) is 0.688. The van der Waals surface area contributed by atoms with Crippen LogP contribution in [-0.4, -0.2) is 76.5 Å². The summed E-state index contributed by atoms with van der Waals surface area (Å²) in [4.78, 5) is 27.3. The molecule has 0 N–H and O–H groups in total. The SMILES string of the molecule is Cc1nn([C@H]2CCS(=O)(=O)C2)c(C)c1CN(C)C(=O)CN1CCSC1=O. The van der Waals surface area contributed by atoms with Gasteiger partial charge in [0.25, 0.3) is 5.24 Å². The van der Waals surface area contributed by atoms with E-state index in [2.05, 4.69) is 5.10 Å².